The van der Waals surface area contributed by atoms with Gasteiger partial charge < -0.3 is 15.2 Å². The Hall–Kier alpha value is -2.14. The van der Waals surface area contributed by atoms with Crippen molar-refractivity contribution < 1.29 is 14.6 Å². The van der Waals surface area contributed by atoms with Crippen molar-refractivity contribution in [2.24, 2.45) is 0 Å². The van der Waals surface area contributed by atoms with Gasteiger partial charge in [-0.05, 0) is 30.7 Å². The van der Waals surface area contributed by atoms with Gasteiger partial charge in [0.05, 0.1) is 25.3 Å². The quantitative estimate of drug-likeness (QED) is 0.871. The van der Waals surface area contributed by atoms with Crippen molar-refractivity contribution in [3.8, 4) is 5.75 Å². The van der Waals surface area contributed by atoms with Crippen LogP contribution < -0.4 is 10.1 Å². The number of nitrogens with one attached hydrogen (secondary N) is 1. The molecule has 1 aromatic heterocycles. The summed E-state index contributed by atoms with van der Waals surface area (Å²) in [7, 11) is 1.60. The molecule has 5 heteroatoms. The lowest BCUT2D eigenvalue weighted by atomic mass is 10.1. The van der Waals surface area contributed by atoms with Crippen molar-refractivity contribution in [3.63, 3.8) is 0 Å². The van der Waals surface area contributed by atoms with Gasteiger partial charge in [-0.25, -0.2) is 0 Å². The number of aromatic nitrogens is 1. The van der Waals surface area contributed by atoms with Crippen molar-refractivity contribution in [2.75, 3.05) is 13.7 Å². The van der Waals surface area contributed by atoms with E-state index in [-0.39, 0.29) is 18.6 Å². The van der Waals surface area contributed by atoms with Crippen LogP contribution >= 0.6 is 0 Å². The first kappa shape index (κ1) is 14.3. The minimum absolute atomic E-state index is 0.0676. The summed E-state index contributed by atoms with van der Waals surface area (Å²) in [6.07, 6.45) is 2.33. The van der Waals surface area contributed by atoms with Gasteiger partial charge in [-0.1, -0.05) is 6.92 Å². The molecule has 20 heavy (non-hydrogen) atoms. The van der Waals surface area contributed by atoms with Gasteiger partial charge in [-0.3, -0.25) is 9.78 Å². The number of hydrogen-bond acceptors (Lipinski definition) is 4. The lowest BCUT2D eigenvalue weighted by Gasteiger charge is -2.14. The highest BCUT2D eigenvalue weighted by Crippen LogP contribution is 2.24. The molecule has 2 aromatic rings. The van der Waals surface area contributed by atoms with Crippen LogP contribution in [0.1, 0.15) is 23.7 Å². The molecule has 106 valence electrons. The fourth-order valence-electron chi connectivity index (χ4n) is 1.99. The van der Waals surface area contributed by atoms with Crippen molar-refractivity contribution in [3.05, 3.63) is 36.0 Å². The maximum atomic E-state index is 12.1. The van der Waals surface area contributed by atoms with Crippen LogP contribution in [0.15, 0.2) is 30.5 Å². The van der Waals surface area contributed by atoms with Crippen molar-refractivity contribution >= 4 is 16.8 Å². The molecule has 0 saturated carbocycles. The summed E-state index contributed by atoms with van der Waals surface area (Å²) in [5.41, 5.74) is 1.22. The molecule has 0 radical (unpaired) electrons. The Balaban J connectivity index is 2.30. The van der Waals surface area contributed by atoms with Crippen molar-refractivity contribution in [1.29, 1.82) is 0 Å². The predicted molar refractivity (Wildman–Crippen MR) is 76.9 cm³/mol. The highest BCUT2D eigenvalue weighted by Gasteiger charge is 2.12. The van der Waals surface area contributed by atoms with Crippen LogP contribution in [0, 0.1) is 0 Å². The zero-order chi connectivity index (χ0) is 14.5. The standard InChI is InChI=1S/C15H18N2O3/c1-3-11(9-18)17-15(19)10-4-5-12-13(8-10)16-7-6-14(12)20-2/h4-8,11,18H,3,9H2,1-2H3,(H,17,19). The van der Waals surface area contributed by atoms with Gasteiger partial charge in [-0.2, -0.15) is 0 Å². The summed E-state index contributed by atoms with van der Waals surface area (Å²) in [5.74, 6) is 0.515. The minimum atomic E-state index is -0.225. The Kier molecular flexibility index (Phi) is 4.53. The van der Waals surface area contributed by atoms with E-state index in [1.54, 1.807) is 31.5 Å². The first-order chi connectivity index (χ1) is 9.69. The third kappa shape index (κ3) is 2.88. The third-order valence-electron chi connectivity index (χ3n) is 3.23. The van der Waals surface area contributed by atoms with E-state index in [9.17, 15) is 4.79 Å². The molecule has 2 rings (SSSR count). The van der Waals surface area contributed by atoms with E-state index in [4.69, 9.17) is 9.84 Å². The lowest BCUT2D eigenvalue weighted by molar-refractivity contribution is 0.0915. The zero-order valence-corrected chi connectivity index (χ0v) is 11.6. The number of amides is 1. The van der Waals surface area contributed by atoms with Crippen molar-refractivity contribution in [1.82, 2.24) is 10.3 Å². The van der Waals surface area contributed by atoms with Crippen LogP contribution in [0.4, 0.5) is 0 Å². The Morgan fingerprint density at radius 1 is 1.45 bits per heavy atom. The number of rotatable bonds is 5. The minimum Gasteiger partial charge on any atom is -0.496 e. The van der Waals surface area contributed by atoms with Crippen LogP contribution in [0.5, 0.6) is 5.75 Å². The fourth-order valence-corrected chi connectivity index (χ4v) is 1.99. The number of carbonyl (C=O) groups excluding carboxylic acids is 1. The molecule has 1 heterocycles. The molecule has 0 aliphatic heterocycles. The molecular formula is C15H18N2O3. The normalized spacial score (nSPS) is 12.2. The molecule has 1 aromatic carbocycles. The summed E-state index contributed by atoms with van der Waals surface area (Å²) in [6.45, 7) is 1.84. The number of pyridine rings is 1. The van der Waals surface area contributed by atoms with Gasteiger partial charge in [0.2, 0.25) is 0 Å². The van der Waals surface area contributed by atoms with Gasteiger partial charge in [0, 0.05) is 17.1 Å². The second-order valence-electron chi connectivity index (χ2n) is 4.51. The predicted octanol–water partition coefficient (Wildman–Crippen LogP) is 1.74. The van der Waals surface area contributed by atoms with E-state index in [0.29, 0.717) is 17.5 Å². The molecule has 1 amide bonds. The maximum Gasteiger partial charge on any atom is 0.251 e. The van der Waals surface area contributed by atoms with Crippen LogP contribution in [-0.2, 0) is 0 Å². The molecule has 1 atom stereocenters. The fraction of sp³-hybridized carbons (Fsp3) is 0.333. The first-order valence-corrected chi connectivity index (χ1v) is 6.54. The molecule has 0 bridgehead atoms. The average Bonchev–Trinajstić information content (AvgIpc) is 2.51. The Morgan fingerprint density at radius 2 is 2.25 bits per heavy atom. The van der Waals surface area contributed by atoms with E-state index in [1.807, 2.05) is 13.0 Å². The third-order valence-corrected chi connectivity index (χ3v) is 3.23. The molecule has 0 aliphatic carbocycles. The number of carbonyl (C=O) groups is 1. The molecule has 0 saturated heterocycles. The molecule has 1 unspecified atom stereocenters. The zero-order valence-electron chi connectivity index (χ0n) is 11.6. The molecular weight excluding hydrogens is 256 g/mol. The van der Waals surface area contributed by atoms with E-state index in [2.05, 4.69) is 10.3 Å². The Labute approximate surface area is 117 Å². The van der Waals surface area contributed by atoms with Gasteiger partial charge in [-0.15, -0.1) is 0 Å². The molecule has 0 aliphatic rings. The summed E-state index contributed by atoms with van der Waals surface area (Å²) < 4.78 is 5.25. The Morgan fingerprint density at radius 3 is 2.90 bits per heavy atom. The summed E-state index contributed by atoms with van der Waals surface area (Å²) in [5, 5.41) is 12.8. The smallest absolute Gasteiger partial charge is 0.251 e. The number of aliphatic hydroxyl groups excluding tert-OH is 1. The van der Waals surface area contributed by atoms with Gasteiger partial charge in [0.1, 0.15) is 5.75 Å². The highest BCUT2D eigenvalue weighted by molar-refractivity contribution is 5.98. The van der Waals surface area contributed by atoms with E-state index >= 15 is 0 Å². The average molecular weight is 274 g/mol. The van der Waals surface area contributed by atoms with E-state index < -0.39 is 0 Å². The summed E-state index contributed by atoms with van der Waals surface area (Å²) in [6, 6.07) is 6.82. The van der Waals surface area contributed by atoms with Crippen LogP contribution in [0.2, 0.25) is 0 Å². The maximum absolute atomic E-state index is 12.1. The van der Waals surface area contributed by atoms with E-state index in [0.717, 1.165) is 11.1 Å². The number of ether oxygens (including phenoxy) is 1. The molecule has 5 nitrogen and oxygen atoms in total. The van der Waals surface area contributed by atoms with Gasteiger partial charge >= 0.3 is 0 Å². The number of benzene rings is 1. The Bertz CT molecular complexity index is 609. The summed E-state index contributed by atoms with van der Waals surface area (Å²) in [4.78, 5) is 16.3. The monoisotopic (exact) mass is 274 g/mol. The second kappa shape index (κ2) is 6.34. The summed E-state index contributed by atoms with van der Waals surface area (Å²) >= 11 is 0. The van der Waals surface area contributed by atoms with Gasteiger partial charge in [0.25, 0.3) is 5.91 Å². The number of fused-ring (bicyclic) bond motifs is 1. The number of aliphatic hydroxyl groups is 1. The van der Waals surface area contributed by atoms with E-state index in [1.165, 1.54) is 0 Å². The molecule has 2 N–H and O–H groups in total. The number of methoxy groups -OCH3 is 1. The topological polar surface area (TPSA) is 71.5 Å². The largest absolute Gasteiger partial charge is 0.496 e. The highest BCUT2D eigenvalue weighted by atomic mass is 16.5. The van der Waals surface area contributed by atoms with Crippen LogP contribution in [0.3, 0.4) is 0 Å². The van der Waals surface area contributed by atoms with Crippen LogP contribution in [0.25, 0.3) is 10.9 Å². The van der Waals surface area contributed by atoms with Gasteiger partial charge in [0.15, 0.2) is 0 Å². The first-order valence-electron chi connectivity index (χ1n) is 6.54. The lowest BCUT2D eigenvalue weighted by Crippen LogP contribution is -2.36. The van der Waals surface area contributed by atoms with Crippen molar-refractivity contribution in [2.45, 2.75) is 19.4 Å². The number of nitrogens with zero attached hydrogens (tertiary/aromatic N) is 1. The molecule has 0 spiro atoms. The second-order valence-corrected chi connectivity index (χ2v) is 4.51. The SMILES string of the molecule is CCC(CO)NC(=O)c1ccc2c(OC)ccnc2c1. The van der Waals surface area contributed by atoms with Crippen LogP contribution in [-0.4, -0.2) is 35.8 Å². The molecule has 0 fully saturated rings. The number of hydrogen-bond donors (Lipinski definition) is 2.